The Labute approximate surface area is 228 Å². The number of carbonyl (C=O) groups excluding carboxylic acids is 1. The molecule has 0 saturated heterocycles. The van der Waals surface area contributed by atoms with Gasteiger partial charge >= 0.3 is 0 Å². The summed E-state index contributed by atoms with van der Waals surface area (Å²) in [5, 5.41) is 33.8. The summed E-state index contributed by atoms with van der Waals surface area (Å²) in [5.74, 6) is -0.300. The Morgan fingerprint density at radius 2 is 1.61 bits per heavy atom. The molecular formula is C28H34N2O6S2. The molecule has 0 aliphatic rings. The average molecular weight is 559 g/mol. The largest absolute Gasteiger partial charge is 0.508 e. The maximum Gasteiger partial charge on any atom is 0.252 e. The molecule has 3 rings (SSSR count). The SMILES string of the molecule is Cc1c(O)cccc1C(=O)NC(CSc1ccccc1)[C@H](O)CN(CC(C)C)S(=O)(=O)c1ccc(O)cc1. The van der Waals surface area contributed by atoms with Crippen LogP contribution in [0.15, 0.2) is 82.6 Å². The number of carbonyl (C=O) groups is 1. The molecule has 0 saturated carbocycles. The van der Waals surface area contributed by atoms with Gasteiger partial charge in [-0.25, -0.2) is 8.42 Å². The Hall–Kier alpha value is -3.05. The first-order chi connectivity index (χ1) is 18.0. The quantitative estimate of drug-likeness (QED) is 0.248. The first kappa shape index (κ1) is 29.5. The number of phenols is 2. The Balaban J connectivity index is 1.87. The van der Waals surface area contributed by atoms with Gasteiger partial charge in [-0.2, -0.15) is 4.31 Å². The van der Waals surface area contributed by atoms with E-state index in [1.54, 1.807) is 19.1 Å². The van der Waals surface area contributed by atoms with Crippen molar-refractivity contribution in [3.63, 3.8) is 0 Å². The number of aliphatic hydroxyl groups excluding tert-OH is 1. The van der Waals surface area contributed by atoms with Crippen LogP contribution in [0.2, 0.25) is 0 Å². The molecule has 0 fully saturated rings. The molecule has 204 valence electrons. The van der Waals surface area contributed by atoms with Gasteiger partial charge < -0.3 is 20.6 Å². The van der Waals surface area contributed by atoms with Gasteiger partial charge in [-0.1, -0.05) is 38.1 Å². The Morgan fingerprint density at radius 3 is 2.24 bits per heavy atom. The zero-order valence-electron chi connectivity index (χ0n) is 21.6. The van der Waals surface area contributed by atoms with E-state index in [1.807, 2.05) is 44.2 Å². The summed E-state index contributed by atoms with van der Waals surface area (Å²) in [6.07, 6.45) is -1.24. The minimum atomic E-state index is -3.99. The van der Waals surface area contributed by atoms with Crippen LogP contribution >= 0.6 is 11.8 Å². The van der Waals surface area contributed by atoms with E-state index in [1.165, 1.54) is 46.4 Å². The molecule has 4 N–H and O–H groups in total. The van der Waals surface area contributed by atoms with Crippen LogP contribution in [0.25, 0.3) is 0 Å². The number of thioether (sulfide) groups is 1. The van der Waals surface area contributed by atoms with Crippen LogP contribution in [0.3, 0.4) is 0 Å². The number of benzene rings is 3. The highest BCUT2D eigenvalue weighted by molar-refractivity contribution is 7.99. The predicted molar refractivity (Wildman–Crippen MR) is 149 cm³/mol. The molecule has 1 unspecified atom stereocenters. The van der Waals surface area contributed by atoms with Crippen molar-refractivity contribution in [1.29, 1.82) is 0 Å². The Morgan fingerprint density at radius 1 is 0.947 bits per heavy atom. The second-order valence-electron chi connectivity index (χ2n) is 9.43. The molecule has 10 heteroatoms. The third-order valence-corrected chi connectivity index (χ3v) is 8.91. The fourth-order valence-corrected chi connectivity index (χ4v) is 6.50. The molecule has 8 nitrogen and oxygen atoms in total. The topological polar surface area (TPSA) is 127 Å². The lowest BCUT2D eigenvalue weighted by Crippen LogP contribution is -2.51. The van der Waals surface area contributed by atoms with Crippen molar-refractivity contribution >= 4 is 27.7 Å². The van der Waals surface area contributed by atoms with Gasteiger partial charge in [-0.15, -0.1) is 11.8 Å². The molecule has 1 amide bonds. The van der Waals surface area contributed by atoms with Crippen molar-refractivity contribution in [2.24, 2.45) is 5.92 Å². The molecule has 0 aromatic heterocycles. The van der Waals surface area contributed by atoms with E-state index in [4.69, 9.17) is 0 Å². The van der Waals surface area contributed by atoms with E-state index in [2.05, 4.69) is 5.32 Å². The van der Waals surface area contributed by atoms with Crippen LogP contribution in [0.4, 0.5) is 0 Å². The van der Waals surface area contributed by atoms with Gasteiger partial charge in [-0.05, 0) is 61.4 Å². The standard InChI is InChI=1S/C28H34N2O6S2/c1-19(2)16-30(38(35,36)23-14-12-21(31)13-15-23)17-27(33)25(18-37-22-8-5-4-6-9-22)29-28(34)24-10-7-11-26(32)20(24)3/h4-15,19,25,27,31-33H,16-18H2,1-3H3,(H,29,34)/t25?,27-/m1/s1. The maximum atomic E-state index is 13.5. The minimum absolute atomic E-state index is 0.00205. The zero-order valence-corrected chi connectivity index (χ0v) is 23.2. The average Bonchev–Trinajstić information content (AvgIpc) is 2.88. The van der Waals surface area contributed by atoms with Gasteiger partial charge in [0.05, 0.1) is 17.0 Å². The first-order valence-corrected chi connectivity index (χ1v) is 14.7. The van der Waals surface area contributed by atoms with Gasteiger partial charge in [0.1, 0.15) is 11.5 Å². The number of nitrogens with zero attached hydrogens (tertiary/aromatic N) is 1. The van der Waals surface area contributed by atoms with Crippen molar-refractivity contribution in [3.8, 4) is 11.5 Å². The van der Waals surface area contributed by atoms with Crippen LogP contribution in [-0.2, 0) is 10.0 Å². The minimum Gasteiger partial charge on any atom is -0.508 e. The second kappa shape index (κ2) is 13.1. The molecule has 3 aromatic rings. The lowest BCUT2D eigenvalue weighted by Gasteiger charge is -2.30. The van der Waals surface area contributed by atoms with Gasteiger partial charge in [-0.3, -0.25) is 4.79 Å². The number of aliphatic hydroxyl groups is 1. The number of nitrogens with one attached hydrogen (secondary N) is 1. The number of rotatable bonds is 12. The summed E-state index contributed by atoms with van der Waals surface area (Å²) < 4.78 is 28.1. The molecule has 0 spiro atoms. The van der Waals surface area contributed by atoms with E-state index in [0.717, 1.165) is 4.90 Å². The van der Waals surface area contributed by atoms with E-state index < -0.39 is 28.1 Å². The van der Waals surface area contributed by atoms with E-state index in [0.29, 0.717) is 5.56 Å². The molecule has 0 bridgehead atoms. The van der Waals surface area contributed by atoms with Crippen LogP contribution in [-0.4, -0.2) is 64.9 Å². The summed E-state index contributed by atoms with van der Waals surface area (Å²) in [4.78, 5) is 14.1. The van der Waals surface area contributed by atoms with Gasteiger partial charge in [0.25, 0.3) is 5.91 Å². The third kappa shape index (κ3) is 7.73. The summed E-state index contributed by atoms with van der Waals surface area (Å²) in [7, 11) is -3.99. The van der Waals surface area contributed by atoms with Crippen molar-refractivity contribution in [2.75, 3.05) is 18.8 Å². The highest BCUT2D eigenvalue weighted by Gasteiger charge is 2.31. The molecule has 2 atom stereocenters. The van der Waals surface area contributed by atoms with E-state index >= 15 is 0 Å². The van der Waals surface area contributed by atoms with Crippen LogP contribution in [0.1, 0.15) is 29.8 Å². The number of hydrogen-bond acceptors (Lipinski definition) is 7. The van der Waals surface area contributed by atoms with E-state index in [-0.39, 0.29) is 46.7 Å². The summed E-state index contributed by atoms with van der Waals surface area (Å²) >= 11 is 1.43. The van der Waals surface area contributed by atoms with Gasteiger partial charge in [0.15, 0.2) is 0 Å². The monoisotopic (exact) mass is 558 g/mol. The summed E-state index contributed by atoms with van der Waals surface area (Å²) in [6.45, 7) is 5.28. The number of sulfonamides is 1. The highest BCUT2D eigenvalue weighted by Crippen LogP contribution is 2.24. The first-order valence-electron chi connectivity index (χ1n) is 12.2. The van der Waals surface area contributed by atoms with Crippen LogP contribution in [0, 0.1) is 12.8 Å². The lowest BCUT2D eigenvalue weighted by molar-refractivity contribution is 0.0810. The van der Waals surface area contributed by atoms with Crippen molar-refractivity contribution in [2.45, 2.75) is 42.7 Å². The molecule has 0 heterocycles. The van der Waals surface area contributed by atoms with Gasteiger partial charge in [0.2, 0.25) is 10.0 Å². The van der Waals surface area contributed by atoms with Crippen molar-refractivity contribution in [1.82, 2.24) is 9.62 Å². The zero-order chi connectivity index (χ0) is 27.9. The molecule has 0 aliphatic heterocycles. The lowest BCUT2D eigenvalue weighted by atomic mass is 10.1. The number of phenolic OH excluding ortho intramolecular Hbond substituents is 2. The molecule has 38 heavy (non-hydrogen) atoms. The molecular weight excluding hydrogens is 524 g/mol. The molecule has 0 radical (unpaired) electrons. The number of amides is 1. The fraction of sp³-hybridized carbons (Fsp3) is 0.321. The van der Waals surface area contributed by atoms with E-state index in [9.17, 15) is 28.5 Å². The highest BCUT2D eigenvalue weighted by atomic mass is 32.2. The molecule has 3 aromatic carbocycles. The third-order valence-electron chi connectivity index (χ3n) is 5.94. The number of aromatic hydroxyl groups is 2. The fourth-order valence-electron chi connectivity index (χ4n) is 3.85. The van der Waals surface area contributed by atoms with Crippen LogP contribution in [0.5, 0.6) is 11.5 Å². The molecule has 0 aliphatic carbocycles. The van der Waals surface area contributed by atoms with Gasteiger partial charge in [0, 0.05) is 34.9 Å². The summed E-state index contributed by atoms with van der Waals surface area (Å²) in [5.41, 5.74) is 0.674. The Kier molecular flexibility index (Phi) is 10.2. The maximum absolute atomic E-state index is 13.5. The predicted octanol–water partition coefficient (Wildman–Crippen LogP) is 4.00. The summed E-state index contributed by atoms with van der Waals surface area (Å²) in [6, 6.07) is 18.6. The smallest absolute Gasteiger partial charge is 0.252 e. The Bertz CT molecular complexity index is 1310. The van der Waals surface area contributed by atoms with Crippen LogP contribution < -0.4 is 5.32 Å². The van der Waals surface area contributed by atoms with Crippen molar-refractivity contribution in [3.05, 3.63) is 83.9 Å². The normalized spacial score (nSPS) is 13.4. The second-order valence-corrected chi connectivity index (χ2v) is 12.5. The number of hydrogen-bond donors (Lipinski definition) is 4. The van der Waals surface area contributed by atoms with Crippen molar-refractivity contribution < 1.29 is 28.5 Å².